The molecule has 98 valence electrons. The van der Waals surface area contributed by atoms with Crippen LogP contribution in [0.3, 0.4) is 0 Å². The summed E-state index contributed by atoms with van der Waals surface area (Å²) in [5, 5.41) is 10.2. The third-order valence-corrected chi connectivity index (χ3v) is 3.68. The molecule has 1 unspecified atom stereocenters. The number of ether oxygens (including phenoxy) is 1. The van der Waals surface area contributed by atoms with Crippen molar-refractivity contribution in [1.82, 2.24) is 4.98 Å². The fourth-order valence-electron chi connectivity index (χ4n) is 1.76. The number of nitrogens with one attached hydrogen (secondary N) is 1. The molecule has 0 spiro atoms. The lowest BCUT2D eigenvalue weighted by atomic mass is 10.2. The summed E-state index contributed by atoms with van der Waals surface area (Å²) in [6, 6.07) is -0.769. The summed E-state index contributed by atoms with van der Waals surface area (Å²) in [6.45, 7) is 1.20. The molecule has 0 aromatic carbocycles. The molecule has 2 aliphatic heterocycles. The molecule has 0 saturated heterocycles. The third kappa shape index (κ3) is 2.59. The molecule has 0 radical (unpaired) electrons. The summed E-state index contributed by atoms with van der Waals surface area (Å²) in [5.41, 5.74) is 0.975. The number of rotatable bonds is 2. The Morgan fingerprint density at radius 1 is 1.53 bits per heavy atom. The second-order valence-electron chi connectivity index (χ2n) is 4.04. The van der Waals surface area contributed by atoms with Gasteiger partial charge >= 0.3 is 0 Å². The number of anilines is 1. The minimum Gasteiger partial charge on any atom is -0.375 e. The summed E-state index contributed by atoms with van der Waals surface area (Å²) < 4.78 is 5.32. The van der Waals surface area contributed by atoms with E-state index in [2.05, 4.69) is 20.5 Å². The summed E-state index contributed by atoms with van der Waals surface area (Å²) in [7, 11) is 0. The van der Waals surface area contributed by atoms with Crippen molar-refractivity contribution >= 4 is 28.3 Å². The Hall–Kier alpha value is -1.93. The Kier molecular flexibility index (Phi) is 3.18. The Morgan fingerprint density at radius 2 is 2.42 bits per heavy atom. The van der Waals surface area contributed by atoms with Crippen LogP contribution in [-0.4, -0.2) is 29.4 Å². The average Bonchev–Trinajstić information content (AvgIpc) is 2.81. The zero-order chi connectivity index (χ0) is 13.2. The minimum absolute atomic E-state index is 0.348. The highest BCUT2D eigenvalue weighted by Crippen LogP contribution is 2.27. The number of carbonyl (C=O) groups excluding carboxylic acids is 2. The number of aromatic nitrogens is 1. The van der Waals surface area contributed by atoms with Crippen molar-refractivity contribution in [3.63, 3.8) is 0 Å². The first kappa shape index (κ1) is 12.1. The Morgan fingerprint density at radius 3 is 3.16 bits per heavy atom. The molecule has 1 aromatic heterocycles. The van der Waals surface area contributed by atoms with Gasteiger partial charge in [-0.05, 0) is 6.08 Å². The molecule has 8 heteroatoms. The maximum absolute atomic E-state index is 11.9. The highest BCUT2D eigenvalue weighted by molar-refractivity contribution is 7.15. The van der Waals surface area contributed by atoms with Crippen molar-refractivity contribution in [3.05, 3.63) is 22.7 Å². The molecule has 0 saturated carbocycles. The number of carbonyl (C=O) groups is 2. The van der Waals surface area contributed by atoms with Crippen molar-refractivity contribution in [1.29, 1.82) is 0 Å². The van der Waals surface area contributed by atoms with Gasteiger partial charge in [-0.25, -0.2) is 4.98 Å². The summed E-state index contributed by atoms with van der Waals surface area (Å²) in [4.78, 5) is 28.1. The Bertz CT molecular complexity index is 553. The molecule has 1 atom stereocenters. The number of amides is 2. The van der Waals surface area contributed by atoms with Crippen LogP contribution in [0.5, 0.6) is 0 Å². The molecule has 2 aliphatic rings. The predicted molar refractivity (Wildman–Crippen MR) is 66.9 cm³/mol. The van der Waals surface area contributed by atoms with Crippen molar-refractivity contribution in [2.45, 2.75) is 19.1 Å². The van der Waals surface area contributed by atoms with Crippen LogP contribution in [0.25, 0.3) is 0 Å². The molecular weight excluding hydrogens is 268 g/mol. The lowest BCUT2D eigenvalue weighted by molar-refractivity contribution is -0.117. The first-order chi connectivity index (χ1) is 9.22. The lowest BCUT2D eigenvalue weighted by Gasteiger charge is -2.08. The Balaban J connectivity index is 1.69. The average molecular weight is 278 g/mol. The van der Waals surface area contributed by atoms with Crippen LogP contribution in [0.2, 0.25) is 0 Å². The van der Waals surface area contributed by atoms with Crippen LogP contribution in [0.1, 0.15) is 10.6 Å². The maximum atomic E-state index is 11.9. The number of fused-ring (bicyclic) bond motifs is 1. The van der Waals surface area contributed by atoms with Gasteiger partial charge in [0.15, 0.2) is 11.2 Å². The van der Waals surface area contributed by atoms with Gasteiger partial charge in [-0.3, -0.25) is 14.9 Å². The van der Waals surface area contributed by atoms with Crippen LogP contribution in [0.15, 0.2) is 22.4 Å². The molecule has 3 heterocycles. The van der Waals surface area contributed by atoms with Crippen LogP contribution >= 0.6 is 11.3 Å². The van der Waals surface area contributed by atoms with E-state index in [4.69, 9.17) is 4.74 Å². The van der Waals surface area contributed by atoms with Crippen LogP contribution in [0, 0.1) is 0 Å². The molecule has 0 bridgehead atoms. The van der Waals surface area contributed by atoms with Crippen molar-refractivity contribution < 1.29 is 14.3 Å². The van der Waals surface area contributed by atoms with E-state index in [1.165, 1.54) is 23.5 Å². The summed E-state index contributed by atoms with van der Waals surface area (Å²) in [5.74, 6) is -0.801. The van der Waals surface area contributed by atoms with E-state index in [0.717, 1.165) is 17.0 Å². The van der Waals surface area contributed by atoms with Gasteiger partial charge in [0.1, 0.15) is 0 Å². The normalized spacial score (nSPS) is 21.3. The third-order valence-electron chi connectivity index (χ3n) is 2.70. The van der Waals surface area contributed by atoms with Crippen molar-refractivity contribution in [2.75, 3.05) is 11.9 Å². The Labute approximate surface area is 112 Å². The number of hydrogen-bond donors (Lipinski definition) is 1. The van der Waals surface area contributed by atoms with E-state index in [-0.39, 0.29) is 5.91 Å². The molecular formula is C11H10N4O3S. The summed E-state index contributed by atoms with van der Waals surface area (Å²) in [6.07, 6.45) is 3.42. The van der Waals surface area contributed by atoms with Gasteiger partial charge in [0, 0.05) is 12.5 Å². The fourth-order valence-corrected chi connectivity index (χ4v) is 2.71. The largest absolute Gasteiger partial charge is 0.375 e. The quantitative estimate of drug-likeness (QED) is 0.875. The molecule has 1 aromatic rings. The topological polar surface area (TPSA) is 93.0 Å². The second-order valence-corrected chi connectivity index (χ2v) is 5.12. The van der Waals surface area contributed by atoms with E-state index in [1.54, 1.807) is 0 Å². The smallest absolute Gasteiger partial charge is 0.287 e. The van der Waals surface area contributed by atoms with E-state index >= 15 is 0 Å². The van der Waals surface area contributed by atoms with E-state index < -0.39 is 11.9 Å². The van der Waals surface area contributed by atoms with Crippen LogP contribution < -0.4 is 5.32 Å². The molecule has 0 fully saturated rings. The minimum atomic E-state index is -0.769. The summed E-state index contributed by atoms with van der Waals surface area (Å²) >= 11 is 1.40. The van der Waals surface area contributed by atoms with E-state index in [1.807, 2.05) is 0 Å². The van der Waals surface area contributed by atoms with Crippen molar-refractivity contribution in [2.24, 2.45) is 10.2 Å². The highest BCUT2D eigenvalue weighted by Gasteiger charge is 2.21. The van der Waals surface area contributed by atoms with E-state index in [0.29, 0.717) is 18.3 Å². The SMILES string of the molecule is O=C1C=CC(C(=O)Nc2nc3c(s2)COCC3)N=N1. The molecule has 19 heavy (non-hydrogen) atoms. The van der Waals surface area contributed by atoms with Crippen LogP contribution in [-0.2, 0) is 27.4 Å². The number of thiazole rings is 1. The number of hydrogen-bond acceptors (Lipinski definition) is 6. The molecule has 2 amide bonds. The zero-order valence-electron chi connectivity index (χ0n) is 9.83. The van der Waals surface area contributed by atoms with Gasteiger partial charge in [0.05, 0.1) is 23.8 Å². The van der Waals surface area contributed by atoms with Gasteiger partial charge in [0.2, 0.25) is 0 Å². The lowest BCUT2D eigenvalue weighted by Crippen LogP contribution is -2.25. The molecule has 7 nitrogen and oxygen atoms in total. The van der Waals surface area contributed by atoms with Crippen LogP contribution in [0.4, 0.5) is 5.13 Å². The first-order valence-electron chi connectivity index (χ1n) is 5.72. The van der Waals surface area contributed by atoms with Gasteiger partial charge in [-0.1, -0.05) is 11.3 Å². The monoisotopic (exact) mass is 278 g/mol. The number of nitrogens with zero attached hydrogens (tertiary/aromatic N) is 3. The van der Waals surface area contributed by atoms with Gasteiger partial charge in [0.25, 0.3) is 11.8 Å². The van der Waals surface area contributed by atoms with Gasteiger partial charge in [-0.15, -0.1) is 5.11 Å². The highest BCUT2D eigenvalue weighted by atomic mass is 32.1. The van der Waals surface area contributed by atoms with Gasteiger partial charge < -0.3 is 4.74 Å². The second kappa shape index (κ2) is 4.98. The zero-order valence-corrected chi connectivity index (χ0v) is 10.6. The molecule has 0 aliphatic carbocycles. The number of azo groups is 1. The molecule has 1 N–H and O–H groups in total. The predicted octanol–water partition coefficient (Wildman–Crippen LogP) is 1.07. The fraction of sp³-hybridized carbons (Fsp3) is 0.364. The standard InChI is InChI=1S/C11H10N4O3S/c16-9-2-1-7(14-15-9)10(17)13-11-12-6-3-4-18-5-8(6)19-11/h1-2,7H,3-5H2,(H,12,13,17). The van der Waals surface area contributed by atoms with Crippen molar-refractivity contribution in [3.8, 4) is 0 Å². The molecule has 3 rings (SSSR count). The van der Waals surface area contributed by atoms with Gasteiger partial charge in [-0.2, -0.15) is 5.11 Å². The van der Waals surface area contributed by atoms with E-state index in [9.17, 15) is 9.59 Å². The maximum Gasteiger partial charge on any atom is 0.287 e. The first-order valence-corrected chi connectivity index (χ1v) is 6.54.